The molecule has 0 fully saturated rings. The molecule has 1 rings (SSSR count). The third-order valence-electron chi connectivity index (χ3n) is 1.75. The van der Waals surface area contributed by atoms with Gasteiger partial charge in [-0.15, -0.1) is 0 Å². The van der Waals surface area contributed by atoms with Crippen LogP contribution < -0.4 is 5.90 Å². The molecule has 0 aromatic carbocycles. The topological polar surface area (TPSA) is 48.4 Å². The highest BCUT2D eigenvalue weighted by Crippen LogP contribution is 2.17. The Morgan fingerprint density at radius 3 is 3.08 bits per heavy atom. The summed E-state index contributed by atoms with van der Waals surface area (Å²) in [6.07, 6.45) is 2.72. The standard InChI is InChI=1S/C9H15NO2S/c1-8-3-5-11-9(8)7-13-6-2-4-12-10/h3,5H,2,4,6-7,10H2,1H3. The number of hydrogen-bond donors (Lipinski definition) is 1. The van der Waals surface area contributed by atoms with Crippen LogP contribution in [0.4, 0.5) is 0 Å². The van der Waals surface area contributed by atoms with Gasteiger partial charge in [-0.2, -0.15) is 11.8 Å². The number of rotatable bonds is 6. The van der Waals surface area contributed by atoms with Crippen LogP contribution in [0.2, 0.25) is 0 Å². The molecule has 74 valence electrons. The molecule has 0 atom stereocenters. The van der Waals surface area contributed by atoms with Gasteiger partial charge in [0, 0.05) is 0 Å². The van der Waals surface area contributed by atoms with E-state index in [9.17, 15) is 0 Å². The summed E-state index contributed by atoms with van der Waals surface area (Å²) in [6.45, 7) is 2.69. The van der Waals surface area contributed by atoms with Crippen molar-refractivity contribution in [1.82, 2.24) is 0 Å². The fourth-order valence-electron chi connectivity index (χ4n) is 0.961. The molecular formula is C9H15NO2S. The number of thioether (sulfide) groups is 1. The van der Waals surface area contributed by atoms with E-state index in [-0.39, 0.29) is 0 Å². The van der Waals surface area contributed by atoms with Gasteiger partial charge in [0.05, 0.1) is 18.6 Å². The van der Waals surface area contributed by atoms with E-state index in [4.69, 9.17) is 10.3 Å². The largest absolute Gasteiger partial charge is 0.468 e. The molecule has 0 saturated heterocycles. The van der Waals surface area contributed by atoms with Crippen LogP contribution in [0.1, 0.15) is 17.7 Å². The van der Waals surface area contributed by atoms with Crippen molar-refractivity contribution in [2.45, 2.75) is 19.1 Å². The molecule has 0 spiro atoms. The lowest BCUT2D eigenvalue weighted by Gasteiger charge is -1.99. The monoisotopic (exact) mass is 201 g/mol. The lowest BCUT2D eigenvalue weighted by atomic mass is 10.3. The Bertz CT molecular complexity index is 237. The fraction of sp³-hybridized carbons (Fsp3) is 0.556. The molecule has 0 amide bonds. The van der Waals surface area contributed by atoms with E-state index < -0.39 is 0 Å². The maximum atomic E-state index is 5.29. The number of nitrogens with two attached hydrogens (primary N) is 1. The molecule has 0 aliphatic rings. The zero-order chi connectivity index (χ0) is 9.52. The number of furan rings is 1. The van der Waals surface area contributed by atoms with Crippen molar-refractivity contribution in [2.75, 3.05) is 12.4 Å². The van der Waals surface area contributed by atoms with Gasteiger partial charge in [0.1, 0.15) is 5.76 Å². The predicted octanol–water partition coefficient (Wildman–Crippen LogP) is 2.10. The van der Waals surface area contributed by atoms with Crippen molar-refractivity contribution in [2.24, 2.45) is 5.90 Å². The quantitative estimate of drug-likeness (QED) is 0.565. The number of hydrogen-bond acceptors (Lipinski definition) is 4. The minimum Gasteiger partial charge on any atom is -0.468 e. The van der Waals surface area contributed by atoms with Crippen molar-refractivity contribution in [3.05, 3.63) is 23.7 Å². The fourth-order valence-corrected chi connectivity index (χ4v) is 1.91. The molecule has 3 nitrogen and oxygen atoms in total. The molecule has 0 aliphatic carbocycles. The van der Waals surface area contributed by atoms with E-state index in [2.05, 4.69) is 11.8 Å². The van der Waals surface area contributed by atoms with Gasteiger partial charge in [-0.1, -0.05) is 0 Å². The van der Waals surface area contributed by atoms with Gasteiger partial charge in [0.15, 0.2) is 0 Å². The molecule has 1 aromatic heterocycles. The zero-order valence-corrected chi connectivity index (χ0v) is 8.60. The Hall–Kier alpha value is -0.450. The van der Waals surface area contributed by atoms with Crippen molar-refractivity contribution in [3.8, 4) is 0 Å². The van der Waals surface area contributed by atoms with Gasteiger partial charge < -0.3 is 9.25 Å². The number of aryl methyl sites for hydroxylation is 1. The van der Waals surface area contributed by atoms with Crippen LogP contribution >= 0.6 is 11.8 Å². The van der Waals surface area contributed by atoms with E-state index in [0.29, 0.717) is 6.61 Å². The lowest BCUT2D eigenvalue weighted by Crippen LogP contribution is -2.01. The molecule has 0 unspecified atom stereocenters. The SMILES string of the molecule is Cc1ccoc1CSCCCON. The second-order valence-electron chi connectivity index (χ2n) is 2.80. The molecule has 1 heterocycles. The van der Waals surface area contributed by atoms with Crippen LogP contribution in [0, 0.1) is 6.92 Å². The average molecular weight is 201 g/mol. The molecule has 13 heavy (non-hydrogen) atoms. The van der Waals surface area contributed by atoms with Gasteiger partial charge in [-0.25, -0.2) is 5.90 Å². The summed E-state index contributed by atoms with van der Waals surface area (Å²) >= 11 is 1.84. The van der Waals surface area contributed by atoms with Crippen molar-refractivity contribution >= 4 is 11.8 Å². The Morgan fingerprint density at radius 1 is 1.62 bits per heavy atom. The summed E-state index contributed by atoms with van der Waals surface area (Å²) in [5, 5.41) is 0. The van der Waals surface area contributed by atoms with Crippen LogP contribution in [0.25, 0.3) is 0 Å². The van der Waals surface area contributed by atoms with Gasteiger partial charge in [0.25, 0.3) is 0 Å². The molecule has 0 radical (unpaired) electrons. The van der Waals surface area contributed by atoms with Gasteiger partial charge in [-0.3, -0.25) is 0 Å². The van der Waals surface area contributed by atoms with Gasteiger partial charge in [-0.05, 0) is 30.7 Å². The Morgan fingerprint density at radius 2 is 2.46 bits per heavy atom. The second kappa shape index (κ2) is 6.07. The summed E-state index contributed by atoms with van der Waals surface area (Å²) in [5.41, 5.74) is 1.22. The summed E-state index contributed by atoms with van der Waals surface area (Å²) in [6, 6.07) is 1.99. The van der Waals surface area contributed by atoms with Crippen LogP contribution in [0.3, 0.4) is 0 Å². The van der Waals surface area contributed by atoms with Gasteiger partial charge >= 0.3 is 0 Å². The molecular weight excluding hydrogens is 186 g/mol. The third-order valence-corrected chi connectivity index (χ3v) is 2.80. The summed E-state index contributed by atoms with van der Waals surface area (Å²) < 4.78 is 5.29. The Balaban J connectivity index is 2.10. The Kier molecular flexibility index (Phi) is 4.97. The van der Waals surface area contributed by atoms with E-state index >= 15 is 0 Å². The second-order valence-corrected chi connectivity index (χ2v) is 3.91. The van der Waals surface area contributed by atoms with Crippen LogP contribution in [0.5, 0.6) is 0 Å². The first kappa shape index (κ1) is 10.6. The summed E-state index contributed by atoms with van der Waals surface area (Å²) in [7, 11) is 0. The molecule has 2 N–H and O–H groups in total. The normalized spacial score (nSPS) is 10.6. The summed E-state index contributed by atoms with van der Waals surface area (Å²) in [5.74, 6) is 7.96. The van der Waals surface area contributed by atoms with E-state index in [1.807, 2.05) is 17.8 Å². The van der Waals surface area contributed by atoms with Crippen LogP contribution in [-0.2, 0) is 10.6 Å². The molecule has 1 aromatic rings. The maximum Gasteiger partial charge on any atom is 0.116 e. The first-order valence-corrected chi connectivity index (χ1v) is 5.42. The Labute approximate surface area is 82.6 Å². The van der Waals surface area contributed by atoms with Crippen LogP contribution in [0.15, 0.2) is 16.7 Å². The first-order valence-electron chi connectivity index (χ1n) is 4.27. The molecule has 0 saturated carbocycles. The lowest BCUT2D eigenvalue weighted by molar-refractivity contribution is 0.139. The van der Waals surface area contributed by atoms with Crippen molar-refractivity contribution in [1.29, 1.82) is 0 Å². The zero-order valence-electron chi connectivity index (χ0n) is 7.79. The average Bonchev–Trinajstić information content (AvgIpc) is 2.52. The smallest absolute Gasteiger partial charge is 0.116 e. The van der Waals surface area contributed by atoms with E-state index in [1.54, 1.807) is 6.26 Å². The van der Waals surface area contributed by atoms with E-state index in [1.165, 1.54) is 5.56 Å². The minimum atomic E-state index is 0.629. The first-order chi connectivity index (χ1) is 6.34. The van der Waals surface area contributed by atoms with E-state index in [0.717, 1.165) is 23.7 Å². The highest BCUT2D eigenvalue weighted by Gasteiger charge is 2.00. The molecule has 0 bridgehead atoms. The maximum absolute atomic E-state index is 5.29. The van der Waals surface area contributed by atoms with Gasteiger partial charge in [0.2, 0.25) is 0 Å². The molecule has 0 aliphatic heterocycles. The third kappa shape index (κ3) is 3.85. The molecule has 4 heteroatoms. The summed E-state index contributed by atoms with van der Waals surface area (Å²) in [4.78, 5) is 4.47. The van der Waals surface area contributed by atoms with Crippen molar-refractivity contribution < 1.29 is 9.25 Å². The highest BCUT2D eigenvalue weighted by molar-refractivity contribution is 7.98. The minimum absolute atomic E-state index is 0.629. The predicted molar refractivity (Wildman–Crippen MR) is 54.4 cm³/mol. The van der Waals surface area contributed by atoms with Crippen molar-refractivity contribution in [3.63, 3.8) is 0 Å². The highest BCUT2D eigenvalue weighted by atomic mass is 32.2. The van der Waals surface area contributed by atoms with Crippen LogP contribution in [-0.4, -0.2) is 12.4 Å².